The summed E-state index contributed by atoms with van der Waals surface area (Å²) in [6.07, 6.45) is 4.00. The maximum absolute atomic E-state index is 13.8. The molecule has 0 radical (unpaired) electrons. The van der Waals surface area contributed by atoms with Crippen LogP contribution in [0.4, 0.5) is 0 Å². The Bertz CT molecular complexity index is 1100. The van der Waals surface area contributed by atoms with Crippen LogP contribution in [0.5, 0.6) is 5.75 Å². The van der Waals surface area contributed by atoms with Crippen molar-refractivity contribution in [1.82, 2.24) is 20.0 Å². The molecule has 2 aliphatic rings. The topological polar surface area (TPSA) is 103 Å². The van der Waals surface area contributed by atoms with Crippen LogP contribution in [0.1, 0.15) is 79.9 Å². The van der Waals surface area contributed by atoms with E-state index in [4.69, 9.17) is 9.47 Å². The van der Waals surface area contributed by atoms with Gasteiger partial charge in [0.15, 0.2) is 5.69 Å². The number of benzene rings is 1. The van der Waals surface area contributed by atoms with Crippen molar-refractivity contribution in [2.75, 3.05) is 13.2 Å². The van der Waals surface area contributed by atoms with E-state index in [2.05, 4.69) is 17.3 Å². The fourth-order valence-electron chi connectivity index (χ4n) is 4.98. The molecule has 9 heteroatoms. The molecule has 1 N–H and O–H groups in total. The van der Waals surface area contributed by atoms with Crippen molar-refractivity contribution in [1.29, 1.82) is 0 Å². The van der Waals surface area contributed by atoms with Crippen LogP contribution in [-0.2, 0) is 22.6 Å². The summed E-state index contributed by atoms with van der Waals surface area (Å²) in [6, 6.07) is 9.05. The molecule has 1 aromatic heterocycles. The molecule has 4 rings (SSSR count). The van der Waals surface area contributed by atoms with E-state index in [1.165, 1.54) is 10.7 Å². The van der Waals surface area contributed by atoms with E-state index in [9.17, 15) is 14.4 Å². The number of nitrogens with one attached hydrogen (secondary N) is 1. The van der Waals surface area contributed by atoms with Crippen molar-refractivity contribution in [2.45, 2.75) is 78.0 Å². The van der Waals surface area contributed by atoms with Gasteiger partial charge in [-0.3, -0.25) is 14.3 Å². The number of aromatic nitrogens is 2. The number of amides is 2. The number of hydrogen-bond donors (Lipinski definition) is 1. The van der Waals surface area contributed by atoms with E-state index < -0.39 is 11.5 Å². The predicted molar refractivity (Wildman–Crippen MR) is 134 cm³/mol. The third-order valence-corrected chi connectivity index (χ3v) is 7.20. The number of nitrogens with zero attached hydrogens (tertiary/aromatic N) is 3. The summed E-state index contributed by atoms with van der Waals surface area (Å²) in [5, 5.41) is 7.53. The van der Waals surface area contributed by atoms with Crippen molar-refractivity contribution in [2.24, 2.45) is 5.92 Å². The van der Waals surface area contributed by atoms with Crippen molar-refractivity contribution in [3.63, 3.8) is 0 Å². The van der Waals surface area contributed by atoms with Crippen molar-refractivity contribution < 1.29 is 23.9 Å². The quantitative estimate of drug-likeness (QED) is 0.561. The largest absolute Gasteiger partial charge is 0.494 e. The van der Waals surface area contributed by atoms with E-state index >= 15 is 0 Å². The van der Waals surface area contributed by atoms with Crippen LogP contribution >= 0.6 is 0 Å². The predicted octanol–water partition coefficient (Wildman–Crippen LogP) is 3.57. The summed E-state index contributed by atoms with van der Waals surface area (Å²) in [5.74, 6) is 0.255. The summed E-state index contributed by atoms with van der Waals surface area (Å²) in [6.45, 7) is 8.78. The number of carbonyl (C=O) groups excluding carboxylic acids is 3. The Morgan fingerprint density at radius 3 is 2.44 bits per heavy atom. The molecule has 1 aliphatic heterocycles. The minimum atomic E-state index is -1.19. The first-order valence-corrected chi connectivity index (χ1v) is 12.8. The summed E-state index contributed by atoms with van der Waals surface area (Å²) in [5.41, 5.74) is 0.00718. The van der Waals surface area contributed by atoms with Crippen LogP contribution in [0.15, 0.2) is 30.3 Å². The highest BCUT2D eigenvalue weighted by Crippen LogP contribution is 2.31. The van der Waals surface area contributed by atoms with Crippen LogP contribution < -0.4 is 10.1 Å². The highest BCUT2D eigenvalue weighted by atomic mass is 16.5. The highest BCUT2D eigenvalue weighted by Gasteiger charge is 2.48. The molecule has 0 spiro atoms. The van der Waals surface area contributed by atoms with Gasteiger partial charge < -0.3 is 19.7 Å². The van der Waals surface area contributed by atoms with Gasteiger partial charge in [-0.15, -0.1) is 0 Å². The third-order valence-electron chi connectivity index (χ3n) is 7.20. The average Bonchev–Trinajstić information content (AvgIpc) is 3.28. The third kappa shape index (κ3) is 5.24. The summed E-state index contributed by atoms with van der Waals surface area (Å²) < 4.78 is 12.1. The average molecular weight is 497 g/mol. The number of ether oxygens (including phenoxy) is 2. The van der Waals surface area contributed by atoms with Crippen LogP contribution in [-0.4, -0.2) is 57.3 Å². The fourth-order valence-corrected chi connectivity index (χ4v) is 4.98. The minimum Gasteiger partial charge on any atom is -0.494 e. The van der Waals surface area contributed by atoms with Crippen molar-refractivity contribution in [3.8, 4) is 5.75 Å². The fraction of sp³-hybridized carbons (Fsp3) is 0.556. The monoisotopic (exact) mass is 496 g/mol. The number of hydrogen-bond acceptors (Lipinski definition) is 6. The Morgan fingerprint density at radius 1 is 1.11 bits per heavy atom. The standard InChI is InChI=1S/C27H36N4O5/c1-5-35-21-13-9-19(10-14-21)16-30-24(32)23-15-22(25(33)36-6-2)29-31(23)17-27(30,4)26(34)28-20-11-7-18(3)8-12-20/h9-10,13-15,18,20H,5-8,11-12,16-17H2,1-4H3,(H,28,34)/t18?,20?,27-/m1/s1. The Balaban J connectivity index is 1.64. The Kier molecular flexibility index (Phi) is 7.66. The molecule has 2 heterocycles. The first-order valence-electron chi connectivity index (χ1n) is 12.8. The van der Waals surface area contributed by atoms with E-state index in [0.29, 0.717) is 12.5 Å². The molecule has 1 atom stereocenters. The molecular formula is C27H36N4O5. The second-order valence-corrected chi connectivity index (χ2v) is 9.97. The molecule has 2 aromatic rings. The van der Waals surface area contributed by atoms with E-state index in [0.717, 1.165) is 37.0 Å². The van der Waals surface area contributed by atoms with Gasteiger partial charge in [-0.2, -0.15) is 5.10 Å². The second-order valence-electron chi connectivity index (χ2n) is 9.97. The van der Waals surface area contributed by atoms with Gasteiger partial charge in [-0.05, 0) is 70.1 Å². The Labute approximate surface area is 212 Å². The molecule has 0 bridgehead atoms. The summed E-state index contributed by atoms with van der Waals surface area (Å²) in [7, 11) is 0. The van der Waals surface area contributed by atoms with Crippen LogP contribution in [0, 0.1) is 5.92 Å². The maximum Gasteiger partial charge on any atom is 0.358 e. The lowest BCUT2D eigenvalue weighted by atomic mass is 9.86. The van der Waals surface area contributed by atoms with Gasteiger partial charge in [0.2, 0.25) is 5.91 Å². The molecule has 9 nitrogen and oxygen atoms in total. The van der Waals surface area contributed by atoms with Gasteiger partial charge >= 0.3 is 5.97 Å². The van der Waals surface area contributed by atoms with E-state index in [-0.39, 0.29) is 48.9 Å². The molecule has 1 fully saturated rings. The molecule has 194 valence electrons. The van der Waals surface area contributed by atoms with Crippen LogP contribution in [0.2, 0.25) is 0 Å². The first kappa shape index (κ1) is 25.7. The van der Waals surface area contributed by atoms with Gasteiger partial charge in [0.25, 0.3) is 5.91 Å². The normalized spacial score (nSPS) is 23.7. The summed E-state index contributed by atoms with van der Waals surface area (Å²) >= 11 is 0. The zero-order valence-corrected chi connectivity index (χ0v) is 21.6. The van der Waals surface area contributed by atoms with Gasteiger partial charge in [-0.25, -0.2) is 4.79 Å². The zero-order valence-electron chi connectivity index (χ0n) is 21.6. The molecule has 1 saturated carbocycles. The number of rotatable bonds is 8. The minimum absolute atomic E-state index is 0.0622. The molecular weight excluding hydrogens is 460 g/mol. The lowest BCUT2D eigenvalue weighted by Gasteiger charge is -2.44. The Morgan fingerprint density at radius 2 is 1.81 bits per heavy atom. The Hall–Kier alpha value is -3.36. The smallest absolute Gasteiger partial charge is 0.358 e. The van der Waals surface area contributed by atoms with Crippen LogP contribution in [0.3, 0.4) is 0 Å². The molecule has 0 unspecified atom stereocenters. The number of carbonyl (C=O) groups is 3. The maximum atomic E-state index is 13.8. The molecule has 1 aliphatic carbocycles. The molecule has 36 heavy (non-hydrogen) atoms. The highest BCUT2D eigenvalue weighted by molar-refractivity contribution is 6.01. The van der Waals surface area contributed by atoms with Gasteiger partial charge in [0, 0.05) is 18.7 Å². The first-order chi connectivity index (χ1) is 17.2. The lowest BCUT2D eigenvalue weighted by molar-refractivity contribution is -0.134. The number of fused-ring (bicyclic) bond motifs is 1. The van der Waals surface area contributed by atoms with E-state index in [1.54, 1.807) is 18.7 Å². The van der Waals surface area contributed by atoms with E-state index in [1.807, 2.05) is 31.2 Å². The second kappa shape index (κ2) is 10.7. The van der Waals surface area contributed by atoms with Crippen molar-refractivity contribution in [3.05, 3.63) is 47.3 Å². The number of esters is 1. The summed E-state index contributed by atoms with van der Waals surface area (Å²) in [4.78, 5) is 41.4. The van der Waals surface area contributed by atoms with Gasteiger partial charge in [-0.1, -0.05) is 19.1 Å². The molecule has 1 aromatic carbocycles. The van der Waals surface area contributed by atoms with Gasteiger partial charge in [0.1, 0.15) is 17.0 Å². The SMILES string of the molecule is CCOC(=O)c1cc2n(n1)C[C@](C)(C(=O)NC1CCC(C)CC1)N(Cc1ccc(OCC)cc1)C2=O. The molecule has 0 saturated heterocycles. The zero-order chi connectivity index (χ0) is 25.9. The van der Waals surface area contributed by atoms with Crippen LogP contribution in [0.25, 0.3) is 0 Å². The van der Waals surface area contributed by atoms with Gasteiger partial charge in [0.05, 0.1) is 19.8 Å². The molecule has 2 amide bonds. The lowest BCUT2D eigenvalue weighted by Crippen LogP contribution is -2.64. The van der Waals surface area contributed by atoms with Crippen molar-refractivity contribution >= 4 is 17.8 Å².